The zero-order valence-electron chi connectivity index (χ0n) is 12.5. The van der Waals surface area contributed by atoms with Crippen molar-refractivity contribution in [3.8, 4) is 16.5 Å². The van der Waals surface area contributed by atoms with Gasteiger partial charge in [0.25, 0.3) is 0 Å². The first kappa shape index (κ1) is 15.2. The number of ether oxygens (including phenoxy) is 1. The molecule has 1 heterocycles. The largest absolute Gasteiger partial charge is 0.477 e. The van der Waals surface area contributed by atoms with Crippen molar-refractivity contribution in [2.24, 2.45) is 0 Å². The number of aryl methyl sites for hydroxylation is 1. The smallest absolute Gasteiger partial charge is 0.351 e. The summed E-state index contributed by atoms with van der Waals surface area (Å²) in [6, 6.07) is 17.4. The van der Waals surface area contributed by atoms with Gasteiger partial charge in [-0.05, 0) is 12.5 Å². The Morgan fingerprint density at radius 1 is 1.13 bits per heavy atom. The Hall–Kier alpha value is -2.66. The average molecular weight is 325 g/mol. The predicted octanol–water partition coefficient (Wildman–Crippen LogP) is 4.40. The van der Waals surface area contributed by atoms with Gasteiger partial charge in [-0.25, -0.2) is 9.78 Å². The summed E-state index contributed by atoms with van der Waals surface area (Å²) >= 11 is 1.13. The van der Waals surface area contributed by atoms with Gasteiger partial charge < -0.3 is 9.84 Å². The second-order valence-electron chi connectivity index (χ2n) is 5.10. The second kappa shape index (κ2) is 6.62. The van der Waals surface area contributed by atoms with E-state index in [1.165, 1.54) is 0 Å². The maximum atomic E-state index is 11.4. The lowest BCUT2D eigenvalue weighted by Crippen LogP contribution is -2.01. The maximum absolute atomic E-state index is 11.4. The molecule has 0 radical (unpaired) electrons. The van der Waals surface area contributed by atoms with Crippen molar-refractivity contribution < 1.29 is 14.6 Å². The molecule has 116 valence electrons. The van der Waals surface area contributed by atoms with Crippen molar-refractivity contribution in [2.45, 2.75) is 13.5 Å². The number of rotatable bonds is 5. The Morgan fingerprint density at radius 2 is 1.83 bits per heavy atom. The van der Waals surface area contributed by atoms with Gasteiger partial charge in [0, 0.05) is 5.56 Å². The fourth-order valence-corrected chi connectivity index (χ4v) is 2.94. The van der Waals surface area contributed by atoms with Crippen molar-refractivity contribution >= 4 is 17.3 Å². The fourth-order valence-electron chi connectivity index (χ4n) is 2.08. The number of benzene rings is 2. The predicted molar refractivity (Wildman–Crippen MR) is 90.0 cm³/mol. The minimum absolute atomic E-state index is 0.122. The maximum Gasteiger partial charge on any atom is 0.351 e. The van der Waals surface area contributed by atoms with E-state index >= 15 is 0 Å². The van der Waals surface area contributed by atoms with E-state index in [2.05, 4.69) is 4.98 Å². The normalized spacial score (nSPS) is 10.5. The molecule has 0 unspecified atom stereocenters. The average Bonchev–Trinajstić information content (AvgIpc) is 2.99. The van der Waals surface area contributed by atoms with Crippen LogP contribution in [0.3, 0.4) is 0 Å². The minimum atomic E-state index is -1.02. The molecule has 5 heteroatoms. The molecule has 0 aliphatic heterocycles. The van der Waals surface area contributed by atoms with Crippen LogP contribution in [0.2, 0.25) is 0 Å². The van der Waals surface area contributed by atoms with Gasteiger partial charge in [0.05, 0.1) is 0 Å². The van der Waals surface area contributed by atoms with Gasteiger partial charge in [0.15, 0.2) is 4.88 Å². The number of hydrogen-bond acceptors (Lipinski definition) is 4. The van der Waals surface area contributed by atoms with E-state index in [0.717, 1.165) is 28.0 Å². The molecule has 0 saturated carbocycles. The molecule has 3 aromatic rings. The van der Waals surface area contributed by atoms with Crippen LogP contribution < -0.4 is 4.74 Å². The lowest BCUT2D eigenvalue weighted by atomic mass is 10.2. The van der Waals surface area contributed by atoms with Crippen LogP contribution in [0.5, 0.6) is 5.88 Å². The fraction of sp³-hybridized carbons (Fsp3) is 0.111. The molecule has 0 aliphatic rings. The van der Waals surface area contributed by atoms with Gasteiger partial charge in [0.2, 0.25) is 5.88 Å². The highest BCUT2D eigenvalue weighted by molar-refractivity contribution is 7.17. The van der Waals surface area contributed by atoms with Crippen LogP contribution in [0.15, 0.2) is 54.6 Å². The van der Waals surface area contributed by atoms with Crippen LogP contribution >= 0.6 is 11.3 Å². The molecule has 1 aromatic heterocycles. The summed E-state index contributed by atoms with van der Waals surface area (Å²) < 4.78 is 5.63. The van der Waals surface area contributed by atoms with Crippen LogP contribution in [0.4, 0.5) is 0 Å². The molecule has 2 aromatic carbocycles. The van der Waals surface area contributed by atoms with Crippen LogP contribution in [-0.4, -0.2) is 16.1 Å². The second-order valence-corrected chi connectivity index (χ2v) is 6.10. The van der Waals surface area contributed by atoms with E-state index < -0.39 is 5.97 Å². The Balaban J connectivity index is 1.87. The lowest BCUT2D eigenvalue weighted by molar-refractivity contribution is 0.0697. The molecule has 0 saturated heterocycles. The van der Waals surface area contributed by atoms with E-state index in [-0.39, 0.29) is 17.4 Å². The minimum Gasteiger partial charge on any atom is -0.477 e. The zero-order chi connectivity index (χ0) is 16.2. The third kappa shape index (κ3) is 3.57. The number of hydrogen-bond donors (Lipinski definition) is 1. The van der Waals surface area contributed by atoms with Crippen LogP contribution in [0.25, 0.3) is 10.6 Å². The highest BCUT2D eigenvalue weighted by atomic mass is 32.1. The summed E-state index contributed by atoms with van der Waals surface area (Å²) in [5.41, 5.74) is 3.00. The van der Waals surface area contributed by atoms with E-state index in [4.69, 9.17) is 4.74 Å². The standard InChI is InChI=1S/C18H15NO3S/c1-12-7-9-14(10-8-12)17-19-16(15(23-17)18(20)21)22-11-13-5-3-2-4-6-13/h2-10H,11H2,1H3,(H,20,21). The molecule has 0 spiro atoms. The number of carboxylic acid groups (broad SMARTS) is 1. The summed E-state index contributed by atoms with van der Waals surface area (Å²) in [6.07, 6.45) is 0. The quantitative estimate of drug-likeness (QED) is 0.755. The topological polar surface area (TPSA) is 59.4 Å². The van der Waals surface area contributed by atoms with Crippen molar-refractivity contribution in [2.75, 3.05) is 0 Å². The van der Waals surface area contributed by atoms with E-state index in [0.29, 0.717) is 5.01 Å². The van der Waals surface area contributed by atoms with Crippen molar-refractivity contribution in [3.05, 3.63) is 70.6 Å². The Morgan fingerprint density at radius 3 is 2.48 bits per heavy atom. The number of thiazole rings is 1. The number of aromatic carboxylic acids is 1. The van der Waals surface area contributed by atoms with Gasteiger partial charge in [0.1, 0.15) is 11.6 Å². The molecular weight excluding hydrogens is 310 g/mol. The number of aromatic nitrogens is 1. The van der Waals surface area contributed by atoms with E-state index in [1.54, 1.807) is 0 Å². The number of carbonyl (C=O) groups is 1. The van der Waals surface area contributed by atoms with Gasteiger partial charge >= 0.3 is 5.97 Å². The zero-order valence-corrected chi connectivity index (χ0v) is 13.3. The summed E-state index contributed by atoms with van der Waals surface area (Å²) in [7, 11) is 0. The Labute approximate surface area is 138 Å². The van der Waals surface area contributed by atoms with Crippen molar-refractivity contribution in [3.63, 3.8) is 0 Å². The summed E-state index contributed by atoms with van der Waals surface area (Å²) in [5.74, 6) is -0.856. The molecule has 0 amide bonds. The van der Waals surface area contributed by atoms with Gasteiger partial charge in [-0.3, -0.25) is 0 Å². The van der Waals surface area contributed by atoms with Gasteiger partial charge in [-0.15, -0.1) is 11.3 Å². The molecule has 0 fully saturated rings. The molecule has 4 nitrogen and oxygen atoms in total. The first-order valence-corrected chi connectivity index (χ1v) is 7.93. The van der Waals surface area contributed by atoms with Crippen molar-refractivity contribution in [1.82, 2.24) is 4.98 Å². The number of carboxylic acids is 1. The summed E-state index contributed by atoms with van der Waals surface area (Å²) in [4.78, 5) is 15.9. The third-order valence-corrected chi connectivity index (χ3v) is 4.38. The molecule has 3 rings (SSSR count). The molecule has 0 atom stereocenters. The molecular formula is C18H15NO3S. The Kier molecular flexibility index (Phi) is 4.39. The highest BCUT2D eigenvalue weighted by Gasteiger charge is 2.19. The molecule has 0 aliphatic carbocycles. The molecule has 0 bridgehead atoms. The molecule has 1 N–H and O–H groups in total. The lowest BCUT2D eigenvalue weighted by Gasteiger charge is -2.03. The monoisotopic (exact) mass is 325 g/mol. The van der Waals surface area contributed by atoms with Gasteiger partial charge in [-0.1, -0.05) is 60.2 Å². The first-order chi connectivity index (χ1) is 11.1. The van der Waals surface area contributed by atoms with Crippen molar-refractivity contribution in [1.29, 1.82) is 0 Å². The van der Waals surface area contributed by atoms with Crippen LogP contribution in [0, 0.1) is 6.92 Å². The third-order valence-electron chi connectivity index (χ3n) is 3.31. The van der Waals surface area contributed by atoms with Crippen LogP contribution in [0.1, 0.15) is 20.8 Å². The van der Waals surface area contributed by atoms with E-state index in [1.807, 2.05) is 61.5 Å². The van der Waals surface area contributed by atoms with Crippen LogP contribution in [-0.2, 0) is 6.61 Å². The van der Waals surface area contributed by atoms with Gasteiger partial charge in [-0.2, -0.15) is 0 Å². The summed E-state index contributed by atoms with van der Waals surface area (Å²) in [5, 5.41) is 10.0. The molecule has 23 heavy (non-hydrogen) atoms. The summed E-state index contributed by atoms with van der Waals surface area (Å²) in [6.45, 7) is 2.29. The first-order valence-electron chi connectivity index (χ1n) is 7.11. The number of nitrogens with zero attached hydrogens (tertiary/aromatic N) is 1. The highest BCUT2D eigenvalue weighted by Crippen LogP contribution is 2.33. The SMILES string of the molecule is Cc1ccc(-c2nc(OCc3ccccc3)c(C(=O)O)s2)cc1. The Bertz CT molecular complexity index is 810. The van der Waals surface area contributed by atoms with E-state index in [9.17, 15) is 9.90 Å².